The Morgan fingerprint density at radius 2 is 1.93 bits per heavy atom. The van der Waals surface area contributed by atoms with Gasteiger partial charge in [0.05, 0.1) is 12.3 Å². The van der Waals surface area contributed by atoms with E-state index in [0.717, 1.165) is 5.56 Å². The topological polar surface area (TPSA) is 68.5 Å². The molecule has 2 heterocycles. The van der Waals surface area contributed by atoms with Crippen LogP contribution in [0.3, 0.4) is 0 Å². The molecule has 4 rings (SSSR count). The van der Waals surface area contributed by atoms with E-state index >= 15 is 0 Å². The summed E-state index contributed by atoms with van der Waals surface area (Å²) in [7, 11) is 0. The van der Waals surface area contributed by atoms with Crippen molar-refractivity contribution in [1.29, 1.82) is 0 Å². The SMILES string of the molecule is O=C(Nc1nn(Cc2ccc(Cl)cc2Cl)cc1Cl)C1CC(c2ccc(F)cc2)=NO1. The number of carbonyl (C=O) groups excluding carboxylic acids is 1. The minimum absolute atomic E-state index is 0.200. The van der Waals surface area contributed by atoms with Crippen molar-refractivity contribution in [2.24, 2.45) is 5.16 Å². The van der Waals surface area contributed by atoms with E-state index in [1.54, 1.807) is 41.2 Å². The third-order valence-corrected chi connectivity index (χ3v) is 5.31. The van der Waals surface area contributed by atoms with Crippen LogP contribution in [0, 0.1) is 5.82 Å². The van der Waals surface area contributed by atoms with Crippen LogP contribution in [0.4, 0.5) is 10.2 Å². The van der Waals surface area contributed by atoms with Gasteiger partial charge in [0.2, 0.25) is 6.10 Å². The molecule has 1 amide bonds. The summed E-state index contributed by atoms with van der Waals surface area (Å²) in [6.07, 6.45) is 0.991. The van der Waals surface area contributed by atoms with E-state index in [1.165, 1.54) is 12.1 Å². The summed E-state index contributed by atoms with van der Waals surface area (Å²) in [6.45, 7) is 0.351. The zero-order valence-electron chi connectivity index (χ0n) is 15.3. The standard InChI is InChI=1S/C20H14Cl3FN4O2/c21-13-4-1-12(15(22)7-13)9-28-10-16(23)19(26-28)25-20(29)18-8-17(27-30-18)11-2-5-14(24)6-3-11/h1-7,10,18H,8-9H2,(H,25,26,29). The van der Waals surface area contributed by atoms with Crippen molar-refractivity contribution in [2.45, 2.75) is 19.1 Å². The van der Waals surface area contributed by atoms with Crippen LogP contribution in [0.1, 0.15) is 17.5 Å². The highest BCUT2D eigenvalue weighted by molar-refractivity contribution is 6.35. The molecular formula is C20H14Cl3FN4O2. The van der Waals surface area contributed by atoms with Crippen molar-refractivity contribution in [1.82, 2.24) is 9.78 Å². The van der Waals surface area contributed by atoms with E-state index in [4.69, 9.17) is 39.6 Å². The highest BCUT2D eigenvalue weighted by atomic mass is 35.5. The van der Waals surface area contributed by atoms with E-state index in [9.17, 15) is 9.18 Å². The van der Waals surface area contributed by atoms with Gasteiger partial charge in [-0.1, -0.05) is 58.2 Å². The average Bonchev–Trinajstić information content (AvgIpc) is 3.32. The fourth-order valence-electron chi connectivity index (χ4n) is 2.92. The highest BCUT2D eigenvalue weighted by Gasteiger charge is 2.30. The molecule has 30 heavy (non-hydrogen) atoms. The lowest BCUT2D eigenvalue weighted by molar-refractivity contribution is -0.125. The maximum absolute atomic E-state index is 13.1. The van der Waals surface area contributed by atoms with Gasteiger partial charge in [0, 0.05) is 22.7 Å². The molecule has 0 radical (unpaired) electrons. The summed E-state index contributed by atoms with van der Waals surface area (Å²) in [5.74, 6) is -0.587. The molecule has 154 valence electrons. The Hall–Kier alpha value is -2.61. The van der Waals surface area contributed by atoms with E-state index in [1.807, 2.05) is 0 Å². The summed E-state index contributed by atoms with van der Waals surface area (Å²) in [6, 6.07) is 11.0. The molecule has 1 aromatic heterocycles. The first-order valence-electron chi connectivity index (χ1n) is 8.85. The fourth-order valence-corrected chi connectivity index (χ4v) is 3.58. The van der Waals surface area contributed by atoms with E-state index in [2.05, 4.69) is 15.6 Å². The molecule has 0 spiro atoms. The monoisotopic (exact) mass is 466 g/mol. The smallest absolute Gasteiger partial charge is 0.269 e. The minimum Gasteiger partial charge on any atom is -0.382 e. The number of benzene rings is 2. The van der Waals surface area contributed by atoms with Gasteiger partial charge >= 0.3 is 0 Å². The number of aromatic nitrogens is 2. The number of halogens is 4. The van der Waals surface area contributed by atoms with Gasteiger partial charge in [0.25, 0.3) is 5.91 Å². The molecule has 6 nitrogen and oxygen atoms in total. The van der Waals surface area contributed by atoms with Crippen molar-refractivity contribution in [3.63, 3.8) is 0 Å². The highest BCUT2D eigenvalue weighted by Crippen LogP contribution is 2.25. The third kappa shape index (κ3) is 4.59. The lowest BCUT2D eigenvalue weighted by atomic mass is 10.0. The van der Waals surface area contributed by atoms with Crippen molar-refractivity contribution < 1.29 is 14.0 Å². The first-order chi connectivity index (χ1) is 14.4. The number of anilines is 1. The van der Waals surface area contributed by atoms with Gasteiger partial charge in [-0.2, -0.15) is 5.10 Å². The molecular weight excluding hydrogens is 454 g/mol. The van der Waals surface area contributed by atoms with Crippen LogP contribution >= 0.6 is 34.8 Å². The Morgan fingerprint density at radius 1 is 1.17 bits per heavy atom. The van der Waals surface area contributed by atoms with Crippen molar-refractivity contribution in [3.05, 3.63) is 80.7 Å². The lowest BCUT2D eigenvalue weighted by Gasteiger charge is -2.08. The Kier molecular flexibility index (Phi) is 5.94. The van der Waals surface area contributed by atoms with Gasteiger partial charge < -0.3 is 10.2 Å². The zero-order valence-corrected chi connectivity index (χ0v) is 17.5. The Bertz CT molecular complexity index is 1130. The van der Waals surface area contributed by atoms with Gasteiger partial charge in [-0.15, -0.1) is 0 Å². The molecule has 1 atom stereocenters. The van der Waals surface area contributed by atoms with Crippen molar-refractivity contribution >= 4 is 52.2 Å². The van der Waals surface area contributed by atoms with Gasteiger partial charge in [-0.3, -0.25) is 9.48 Å². The summed E-state index contributed by atoms with van der Waals surface area (Å²) in [5.41, 5.74) is 2.05. The van der Waals surface area contributed by atoms with E-state index in [0.29, 0.717) is 27.9 Å². The Balaban J connectivity index is 1.40. The summed E-state index contributed by atoms with van der Waals surface area (Å²) < 4.78 is 14.6. The molecule has 3 aromatic rings. The van der Waals surface area contributed by atoms with Gasteiger partial charge in [0.15, 0.2) is 5.82 Å². The molecule has 0 saturated carbocycles. The number of hydrogen-bond donors (Lipinski definition) is 1. The maximum atomic E-state index is 13.1. The quantitative estimate of drug-likeness (QED) is 0.563. The second-order valence-corrected chi connectivity index (χ2v) is 7.84. The summed E-state index contributed by atoms with van der Waals surface area (Å²) in [4.78, 5) is 17.8. The molecule has 0 bridgehead atoms. The molecule has 1 N–H and O–H groups in total. The van der Waals surface area contributed by atoms with Crippen LogP contribution in [-0.4, -0.2) is 27.5 Å². The molecule has 1 unspecified atom stereocenters. The minimum atomic E-state index is -0.836. The molecule has 1 aliphatic heterocycles. The zero-order chi connectivity index (χ0) is 21.3. The van der Waals surface area contributed by atoms with Crippen LogP contribution < -0.4 is 5.32 Å². The number of nitrogens with zero attached hydrogens (tertiary/aromatic N) is 3. The maximum Gasteiger partial charge on any atom is 0.269 e. The number of carbonyl (C=O) groups is 1. The van der Waals surface area contributed by atoms with Gasteiger partial charge in [-0.25, -0.2) is 4.39 Å². The predicted molar refractivity (Wildman–Crippen MR) is 114 cm³/mol. The van der Waals surface area contributed by atoms with E-state index < -0.39 is 12.0 Å². The number of amides is 1. The molecule has 0 fully saturated rings. The molecule has 0 saturated heterocycles. The second-order valence-electron chi connectivity index (χ2n) is 6.59. The normalized spacial score (nSPS) is 15.6. The average molecular weight is 468 g/mol. The second kappa shape index (κ2) is 8.63. The molecule has 10 heteroatoms. The number of rotatable bonds is 5. The molecule has 1 aliphatic rings. The Labute approximate surface area is 186 Å². The molecule has 0 aliphatic carbocycles. The number of hydrogen-bond acceptors (Lipinski definition) is 4. The van der Waals surface area contributed by atoms with Gasteiger partial charge in [0.1, 0.15) is 10.8 Å². The largest absolute Gasteiger partial charge is 0.382 e. The van der Waals surface area contributed by atoms with Crippen LogP contribution in [-0.2, 0) is 16.2 Å². The first-order valence-corrected chi connectivity index (χ1v) is 9.99. The number of oxime groups is 1. The lowest BCUT2D eigenvalue weighted by Crippen LogP contribution is -2.28. The Morgan fingerprint density at radius 3 is 2.67 bits per heavy atom. The van der Waals surface area contributed by atoms with Crippen LogP contribution in [0.5, 0.6) is 0 Å². The molecule has 2 aromatic carbocycles. The number of nitrogens with one attached hydrogen (secondary N) is 1. The van der Waals surface area contributed by atoms with Crippen LogP contribution in [0.25, 0.3) is 0 Å². The van der Waals surface area contributed by atoms with Gasteiger partial charge in [-0.05, 0) is 35.4 Å². The summed E-state index contributed by atoms with van der Waals surface area (Å²) in [5, 5.41) is 12.2. The fraction of sp³-hybridized carbons (Fsp3) is 0.150. The summed E-state index contributed by atoms with van der Waals surface area (Å²) >= 11 is 18.3. The van der Waals surface area contributed by atoms with Crippen LogP contribution in [0.2, 0.25) is 15.1 Å². The third-order valence-electron chi connectivity index (χ3n) is 4.44. The van der Waals surface area contributed by atoms with Crippen LogP contribution in [0.15, 0.2) is 53.8 Å². The predicted octanol–water partition coefficient (Wildman–Crippen LogP) is 5.16. The van der Waals surface area contributed by atoms with E-state index in [-0.39, 0.29) is 23.1 Å². The van der Waals surface area contributed by atoms with Crippen molar-refractivity contribution in [3.8, 4) is 0 Å². The first kappa shape index (κ1) is 20.7. The van der Waals surface area contributed by atoms with Crippen molar-refractivity contribution in [2.75, 3.05) is 5.32 Å².